The summed E-state index contributed by atoms with van der Waals surface area (Å²) in [6, 6.07) is 4.89. The summed E-state index contributed by atoms with van der Waals surface area (Å²) in [5.41, 5.74) is 14.7. The van der Waals surface area contributed by atoms with Crippen molar-refractivity contribution >= 4 is 12.0 Å². The molecule has 5 N–H and O–H groups in total. The first-order valence-corrected chi connectivity index (χ1v) is 10.8. The number of rotatable bonds is 4. The standard InChI is InChI=1S/C22H35N7O/c1-16-12-18(22(24)14-21(23)25-15-26-22)20(30-3)13-19(16)29-6-4-17(5-7-29)28-10-8-27(2)9-11-28/h12-15,17H,4-11,23-24H2,1-3H3,(H,25,26). The van der Waals surface area contributed by atoms with Gasteiger partial charge in [-0.05, 0) is 38.4 Å². The third kappa shape index (κ3) is 4.12. The van der Waals surface area contributed by atoms with Crippen LogP contribution in [0.1, 0.15) is 24.0 Å². The third-order valence-corrected chi connectivity index (χ3v) is 6.69. The fraction of sp³-hybridized carbons (Fsp3) is 0.591. The van der Waals surface area contributed by atoms with E-state index in [1.807, 2.05) is 0 Å². The van der Waals surface area contributed by atoms with Gasteiger partial charge < -0.3 is 25.6 Å². The lowest BCUT2D eigenvalue weighted by molar-refractivity contribution is 0.0982. The highest BCUT2D eigenvalue weighted by atomic mass is 16.5. The van der Waals surface area contributed by atoms with Crippen LogP contribution in [0.4, 0.5) is 5.69 Å². The number of nitrogens with zero attached hydrogens (tertiary/aromatic N) is 4. The molecule has 2 fully saturated rings. The Morgan fingerprint density at radius 3 is 2.47 bits per heavy atom. The number of nitrogens with two attached hydrogens (primary N) is 2. The van der Waals surface area contributed by atoms with E-state index in [0.717, 1.165) is 24.4 Å². The van der Waals surface area contributed by atoms with Gasteiger partial charge in [0.25, 0.3) is 0 Å². The Bertz CT molecular complexity index is 823. The van der Waals surface area contributed by atoms with Crippen LogP contribution < -0.4 is 26.4 Å². The number of anilines is 1. The Morgan fingerprint density at radius 1 is 1.13 bits per heavy atom. The van der Waals surface area contributed by atoms with Crippen LogP contribution in [0, 0.1) is 6.92 Å². The van der Waals surface area contributed by atoms with Gasteiger partial charge in [0, 0.05) is 68.7 Å². The molecule has 1 aromatic rings. The lowest BCUT2D eigenvalue weighted by Gasteiger charge is -2.43. The summed E-state index contributed by atoms with van der Waals surface area (Å²) in [7, 11) is 3.89. The highest BCUT2D eigenvalue weighted by Gasteiger charge is 2.32. The van der Waals surface area contributed by atoms with E-state index < -0.39 is 5.66 Å². The molecule has 0 radical (unpaired) electrons. The van der Waals surface area contributed by atoms with Crippen molar-refractivity contribution in [1.29, 1.82) is 0 Å². The van der Waals surface area contributed by atoms with Crippen LogP contribution in [-0.2, 0) is 5.66 Å². The maximum absolute atomic E-state index is 6.56. The van der Waals surface area contributed by atoms with Crippen LogP contribution in [0.25, 0.3) is 0 Å². The van der Waals surface area contributed by atoms with E-state index in [1.54, 1.807) is 19.5 Å². The minimum Gasteiger partial charge on any atom is -0.496 e. The van der Waals surface area contributed by atoms with Gasteiger partial charge in [-0.3, -0.25) is 10.6 Å². The summed E-state index contributed by atoms with van der Waals surface area (Å²) in [6.07, 6.45) is 5.67. The normalized spacial score (nSPS) is 26.4. The second-order valence-electron chi connectivity index (χ2n) is 8.72. The van der Waals surface area contributed by atoms with Gasteiger partial charge in [-0.1, -0.05) is 0 Å². The fourth-order valence-electron chi connectivity index (χ4n) is 4.84. The quantitative estimate of drug-likeness (QED) is 0.671. The van der Waals surface area contributed by atoms with Gasteiger partial charge in [0.2, 0.25) is 0 Å². The van der Waals surface area contributed by atoms with E-state index in [4.69, 9.17) is 16.2 Å². The average molecular weight is 414 g/mol. The molecule has 3 heterocycles. The molecule has 4 rings (SSSR count). The van der Waals surface area contributed by atoms with Crippen LogP contribution in [-0.4, -0.2) is 75.6 Å². The first-order valence-electron chi connectivity index (χ1n) is 10.8. The number of likely N-dealkylation sites (N-methyl/N-ethyl adjacent to an activating group) is 1. The van der Waals surface area contributed by atoms with Crippen LogP contribution in [0.2, 0.25) is 0 Å². The van der Waals surface area contributed by atoms with Gasteiger partial charge in [0.05, 0.1) is 13.4 Å². The van der Waals surface area contributed by atoms with Gasteiger partial charge in [0.15, 0.2) is 5.66 Å². The molecule has 0 amide bonds. The monoisotopic (exact) mass is 413 g/mol. The Labute approximate surface area is 179 Å². The second kappa shape index (κ2) is 8.45. The van der Waals surface area contributed by atoms with Crippen molar-refractivity contribution in [2.45, 2.75) is 31.5 Å². The molecule has 1 unspecified atom stereocenters. The van der Waals surface area contributed by atoms with E-state index >= 15 is 0 Å². The molecule has 30 heavy (non-hydrogen) atoms. The summed E-state index contributed by atoms with van der Waals surface area (Å²) in [5, 5.41) is 2.87. The minimum absolute atomic E-state index is 0.488. The minimum atomic E-state index is -1.03. The summed E-state index contributed by atoms with van der Waals surface area (Å²) in [4.78, 5) is 12.0. The first kappa shape index (κ1) is 21.0. The Kier molecular flexibility index (Phi) is 5.90. The zero-order chi connectivity index (χ0) is 21.3. The zero-order valence-corrected chi connectivity index (χ0v) is 18.4. The zero-order valence-electron chi connectivity index (χ0n) is 18.4. The van der Waals surface area contributed by atoms with E-state index in [9.17, 15) is 0 Å². The van der Waals surface area contributed by atoms with Gasteiger partial charge in [-0.25, -0.2) is 4.99 Å². The number of nitrogens with one attached hydrogen (secondary N) is 1. The molecule has 8 heteroatoms. The molecular weight excluding hydrogens is 378 g/mol. The summed E-state index contributed by atoms with van der Waals surface area (Å²) in [6.45, 7) is 8.98. The number of piperidine rings is 1. The predicted octanol–water partition coefficient (Wildman–Crippen LogP) is 0.763. The molecule has 1 atom stereocenters. The van der Waals surface area contributed by atoms with Crippen molar-refractivity contribution in [3.05, 3.63) is 35.2 Å². The summed E-state index contributed by atoms with van der Waals surface area (Å²) >= 11 is 0. The molecule has 3 aliphatic rings. The van der Waals surface area contributed by atoms with Crippen LogP contribution >= 0.6 is 0 Å². The number of aryl methyl sites for hydroxylation is 1. The number of ether oxygens (including phenoxy) is 1. The number of piperazine rings is 1. The summed E-state index contributed by atoms with van der Waals surface area (Å²) < 4.78 is 5.73. The number of hydrogen-bond acceptors (Lipinski definition) is 8. The maximum Gasteiger partial charge on any atom is 0.161 e. The maximum atomic E-state index is 6.56. The van der Waals surface area contributed by atoms with Crippen LogP contribution in [0.15, 0.2) is 29.0 Å². The second-order valence-corrected chi connectivity index (χ2v) is 8.72. The van der Waals surface area contributed by atoms with Crippen LogP contribution in [0.5, 0.6) is 5.75 Å². The molecule has 1 aromatic carbocycles. The van der Waals surface area contributed by atoms with Gasteiger partial charge in [-0.2, -0.15) is 0 Å². The SMILES string of the molecule is COc1cc(N2CCC(N3CCN(C)CC3)CC2)c(C)cc1C1(N)C=C(N)NC=N1. The van der Waals surface area contributed by atoms with E-state index in [1.165, 1.54) is 50.3 Å². The molecule has 0 bridgehead atoms. The number of benzene rings is 1. The van der Waals surface area contributed by atoms with E-state index in [0.29, 0.717) is 11.9 Å². The fourth-order valence-corrected chi connectivity index (χ4v) is 4.84. The first-order chi connectivity index (χ1) is 14.4. The van der Waals surface area contributed by atoms with Crippen molar-refractivity contribution < 1.29 is 4.74 Å². The smallest absolute Gasteiger partial charge is 0.161 e. The lowest BCUT2D eigenvalue weighted by atomic mass is 9.94. The van der Waals surface area contributed by atoms with Gasteiger partial charge >= 0.3 is 0 Å². The Hall–Kier alpha value is -2.29. The number of hydrogen-bond donors (Lipinski definition) is 3. The molecule has 0 spiro atoms. The molecule has 164 valence electrons. The topological polar surface area (TPSA) is 95.4 Å². The van der Waals surface area contributed by atoms with Gasteiger partial charge in [-0.15, -0.1) is 0 Å². The Morgan fingerprint density at radius 2 is 1.83 bits per heavy atom. The lowest BCUT2D eigenvalue weighted by Crippen LogP contribution is -2.52. The van der Waals surface area contributed by atoms with Gasteiger partial charge in [0.1, 0.15) is 11.6 Å². The highest BCUT2D eigenvalue weighted by molar-refractivity contribution is 5.65. The van der Waals surface area contributed by atoms with Crippen LogP contribution in [0.3, 0.4) is 0 Å². The number of aliphatic imine (C=N–C) groups is 1. The largest absolute Gasteiger partial charge is 0.496 e. The summed E-state index contributed by atoms with van der Waals surface area (Å²) in [5.74, 6) is 1.23. The molecular formula is C22H35N7O. The predicted molar refractivity (Wildman–Crippen MR) is 122 cm³/mol. The van der Waals surface area contributed by atoms with E-state index in [2.05, 4.69) is 51.1 Å². The molecule has 8 nitrogen and oxygen atoms in total. The highest BCUT2D eigenvalue weighted by Crippen LogP contribution is 2.38. The van der Waals surface area contributed by atoms with Crippen molar-refractivity contribution in [2.75, 3.05) is 58.3 Å². The van der Waals surface area contributed by atoms with Crippen molar-refractivity contribution in [3.8, 4) is 5.75 Å². The third-order valence-electron chi connectivity index (χ3n) is 6.69. The molecule has 0 aliphatic carbocycles. The van der Waals surface area contributed by atoms with Crippen molar-refractivity contribution in [2.24, 2.45) is 16.5 Å². The molecule has 0 saturated carbocycles. The molecule has 0 aromatic heterocycles. The van der Waals surface area contributed by atoms with Crippen molar-refractivity contribution in [1.82, 2.24) is 15.1 Å². The number of methoxy groups -OCH3 is 1. The Balaban J connectivity index is 1.50. The van der Waals surface area contributed by atoms with Crippen molar-refractivity contribution in [3.63, 3.8) is 0 Å². The average Bonchev–Trinajstić information content (AvgIpc) is 2.74. The molecule has 2 saturated heterocycles. The van der Waals surface area contributed by atoms with E-state index in [-0.39, 0.29) is 0 Å². The molecule has 3 aliphatic heterocycles.